The standard InChI is InChI=1S/C30H25FN2O2S/c1-21-10-5-6-13-23(21)18-28(33-29(34)22-11-3-2-4-12-22)30(35)32-25-15-9-16-26(19-25)36-20-24-14-7-8-17-27(24)31/h2-19H,20H2,1H3,(H,32,35)(H,33,34)/b28-18-. The van der Waals surface area contributed by atoms with E-state index < -0.39 is 5.91 Å². The summed E-state index contributed by atoms with van der Waals surface area (Å²) in [5, 5.41) is 5.64. The first-order valence-corrected chi connectivity index (χ1v) is 12.4. The quantitative estimate of drug-likeness (QED) is 0.207. The summed E-state index contributed by atoms with van der Waals surface area (Å²) < 4.78 is 14.0. The molecule has 36 heavy (non-hydrogen) atoms. The molecule has 4 nitrogen and oxygen atoms in total. The fraction of sp³-hybridized carbons (Fsp3) is 0.0667. The molecule has 0 saturated carbocycles. The summed E-state index contributed by atoms with van der Waals surface area (Å²) in [5.74, 6) is -0.594. The minimum Gasteiger partial charge on any atom is -0.321 e. The van der Waals surface area contributed by atoms with Crippen molar-refractivity contribution in [2.45, 2.75) is 17.6 Å². The van der Waals surface area contributed by atoms with Gasteiger partial charge in [0.15, 0.2) is 0 Å². The Labute approximate surface area is 214 Å². The molecule has 4 rings (SSSR count). The summed E-state index contributed by atoms with van der Waals surface area (Å²) in [6.07, 6.45) is 1.67. The maximum atomic E-state index is 14.0. The number of thioether (sulfide) groups is 1. The normalized spacial score (nSPS) is 11.1. The number of nitrogens with one attached hydrogen (secondary N) is 2. The van der Waals surface area contributed by atoms with Gasteiger partial charge in [0.25, 0.3) is 11.8 Å². The van der Waals surface area contributed by atoms with Gasteiger partial charge in [-0.25, -0.2) is 4.39 Å². The predicted molar refractivity (Wildman–Crippen MR) is 144 cm³/mol. The van der Waals surface area contributed by atoms with Gasteiger partial charge < -0.3 is 10.6 Å². The zero-order valence-electron chi connectivity index (χ0n) is 19.7. The second-order valence-electron chi connectivity index (χ2n) is 8.10. The van der Waals surface area contributed by atoms with Gasteiger partial charge in [-0.15, -0.1) is 11.8 Å². The van der Waals surface area contributed by atoms with Crippen molar-refractivity contribution < 1.29 is 14.0 Å². The maximum Gasteiger partial charge on any atom is 0.272 e. The second kappa shape index (κ2) is 12.0. The van der Waals surface area contributed by atoms with Crippen LogP contribution in [0.3, 0.4) is 0 Å². The highest BCUT2D eigenvalue weighted by Gasteiger charge is 2.16. The second-order valence-corrected chi connectivity index (χ2v) is 9.15. The van der Waals surface area contributed by atoms with E-state index in [9.17, 15) is 14.0 Å². The molecule has 2 N–H and O–H groups in total. The lowest BCUT2D eigenvalue weighted by Gasteiger charge is -2.13. The molecule has 180 valence electrons. The number of amides is 2. The van der Waals surface area contributed by atoms with Crippen molar-refractivity contribution >= 4 is 35.3 Å². The van der Waals surface area contributed by atoms with E-state index in [2.05, 4.69) is 10.6 Å². The summed E-state index contributed by atoms with van der Waals surface area (Å²) in [6, 6.07) is 30.4. The van der Waals surface area contributed by atoms with Crippen LogP contribution in [-0.4, -0.2) is 11.8 Å². The van der Waals surface area contributed by atoms with Gasteiger partial charge >= 0.3 is 0 Å². The Morgan fingerprint density at radius 3 is 2.36 bits per heavy atom. The highest BCUT2D eigenvalue weighted by Crippen LogP contribution is 2.26. The molecule has 4 aromatic rings. The van der Waals surface area contributed by atoms with Crippen molar-refractivity contribution in [1.82, 2.24) is 5.32 Å². The molecule has 0 heterocycles. The molecule has 0 aliphatic carbocycles. The molecule has 6 heteroatoms. The van der Waals surface area contributed by atoms with E-state index in [1.54, 1.807) is 48.5 Å². The summed E-state index contributed by atoms with van der Waals surface area (Å²) in [7, 11) is 0. The lowest BCUT2D eigenvalue weighted by molar-refractivity contribution is -0.113. The monoisotopic (exact) mass is 496 g/mol. The molecule has 0 saturated heterocycles. The molecule has 0 aromatic heterocycles. The van der Waals surface area contributed by atoms with E-state index in [0.717, 1.165) is 16.0 Å². The number of carbonyl (C=O) groups is 2. The Balaban J connectivity index is 1.53. The Kier molecular flexibility index (Phi) is 8.32. The molecular weight excluding hydrogens is 471 g/mol. The van der Waals surface area contributed by atoms with E-state index >= 15 is 0 Å². The van der Waals surface area contributed by atoms with Gasteiger partial charge in [0.1, 0.15) is 11.5 Å². The van der Waals surface area contributed by atoms with Crippen LogP contribution in [0.1, 0.15) is 27.0 Å². The van der Waals surface area contributed by atoms with Crippen molar-refractivity contribution in [3.05, 3.63) is 137 Å². The molecular formula is C30H25FN2O2S. The summed E-state index contributed by atoms with van der Waals surface area (Å²) >= 11 is 1.47. The van der Waals surface area contributed by atoms with Gasteiger partial charge in [0.2, 0.25) is 0 Å². The molecule has 0 bridgehead atoms. The number of hydrogen-bond donors (Lipinski definition) is 2. The van der Waals surface area contributed by atoms with Crippen LogP contribution in [-0.2, 0) is 10.5 Å². The fourth-order valence-electron chi connectivity index (χ4n) is 3.49. The van der Waals surface area contributed by atoms with Gasteiger partial charge in [0.05, 0.1) is 0 Å². The third kappa shape index (κ3) is 6.71. The number of rotatable bonds is 8. The average Bonchev–Trinajstić information content (AvgIpc) is 2.89. The van der Waals surface area contributed by atoms with E-state index in [1.807, 2.05) is 61.5 Å². The van der Waals surface area contributed by atoms with Crippen molar-refractivity contribution in [3.8, 4) is 0 Å². The number of hydrogen-bond acceptors (Lipinski definition) is 3. The highest BCUT2D eigenvalue weighted by molar-refractivity contribution is 7.98. The van der Waals surface area contributed by atoms with Crippen molar-refractivity contribution in [2.24, 2.45) is 0 Å². The molecule has 0 unspecified atom stereocenters. The zero-order valence-corrected chi connectivity index (χ0v) is 20.5. The third-order valence-corrected chi connectivity index (χ3v) is 6.50. The van der Waals surface area contributed by atoms with Gasteiger partial charge in [-0.2, -0.15) is 0 Å². The van der Waals surface area contributed by atoms with Crippen LogP contribution >= 0.6 is 11.8 Å². The van der Waals surface area contributed by atoms with Crippen molar-refractivity contribution in [3.63, 3.8) is 0 Å². The minimum absolute atomic E-state index is 0.127. The van der Waals surface area contributed by atoms with Crippen LogP contribution in [0.25, 0.3) is 6.08 Å². The Morgan fingerprint density at radius 2 is 1.58 bits per heavy atom. The largest absolute Gasteiger partial charge is 0.321 e. The van der Waals surface area contributed by atoms with Gasteiger partial charge in [-0.05, 0) is 66.1 Å². The number of benzene rings is 4. The Hall–Kier alpha value is -4.16. The fourth-order valence-corrected chi connectivity index (χ4v) is 4.43. The van der Waals surface area contributed by atoms with Crippen LogP contribution in [0.5, 0.6) is 0 Å². The SMILES string of the molecule is Cc1ccccc1/C=C(\NC(=O)c1ccccc1)C(=O)Nc1cccc(SCc2ccccc2F)c1. The lowest BCUT2D eigenvalue weighted by Crippen LogP contribution is -2.30. The number of halogens is 1. The van der Waals surface area contributed by atoms with Gasteiger partial charge in [-0.3, -0.25) is 9.59 Å². The topological polar surface area (TPSA) is 58.2 Å². The molecule has 0 fully saturated rings. The van der Waals surface area contributed by atoms with E-state index in [0.29, 0.717) is 22.6 Å². The molecule has 2 amide bonds. The van der Waals surface area contributed by atoms with E-state index in [4.69, 9.17) is 0 Å². The summed E-state index contributed by atoms with van der Waals surface area (Å²) in [4.78, 5) is 27.0. The number of anilines is 1. The van der Waals surface area contributed by atoms with Crippen molar-refractivity contribution in [2.75, 3.05) is 5.32 Å². The van der Waals surface area contributed by atoms with Crippen LogP contribution in [0, 0.1) is 12.7 Å². The van der Waals surface area contributed by atoms with Crippen LogP contribution in [0.2, 0.25) is 0 Å². The molecule has 0 aliphatic heterocycles. The Morgan fingerprint density at radius 1 is 0.861 bits per heavy atom. The first-order valence-electron chi connectivity index (χ1n) is 11.4. The molecule has 0 aliphatic rings. The van der Waals surface area contributed by atoms with Crippen LogP contribution < -0.4 is 10.6 Å². The smallest absolute Gasteiger partial charge is 0.272 e. The third-order valence-electron chi connectivity index (χ3n) is 5.46. The van der Waals surface area contributed by atoms with Gasteiger partial charge in [0, 0.05) is 21.9 Å². The summed E-state index contributed by atoms with van der Waals surface area (Å²) in [6.45, 7) is 1.94. The zero-order chi connectivity index (χ0) is 25.3. The Bertz CT molecular complexity index is 1400. The predicted octanol–water partition coefficient (Wildman–Crippen LogP) is 6.84. The van der Waals surface area contributed by atoms with Crippen LogP contribution in [0.4, 0.5) is 10.1 Å². The van der Waals surface area contributed by atoms with E-state index in [-0.39, 0.29) is 17.4 Å². The molecule has 4 aromatic carbocycles. The molecule has 0 spiro atoms. The molecule has 0 radical (unpaired) electrons. The number of aryl methyl sites for hydroxylation is 1. The first-order chi connectivity index (χ1) is 17.5. The van der Waals surface area contributed by atoms with Crippen LogP contribution in [0.15, 0.2) is 114 Å². The lowest BCUT2D eigenvalue weighted by atomic mass is 10.1. The first kappa shape index (κ1) is 24.9. The molecule has 0 atom stereocenters. The van der Waals surface area contributed by atoms with E-state index in [1.165, 1.54) is 17.8 Å². The maximum absolute atomic E-state index is 14.0. The highest BCUT2D eigenvalue weighted by atomic mass is 32.2. The van der Waals surface area contributed by atoms with Gasteiger partial charge in [-0.1, -0.05) is 66.7 Å². The number of carbonyl (C=O) groups excluding carboxylic acids is 2. The minimum atomic E-state index is -0.446. The average molecular weight is 497 g/mol. The van der Waals surface area contributed by atoms with Crippen molar-refractivity contribution in [1.29, 1.82) is 0 Å². The summed E-state index contributed by atoms with van der Waals surface area (Å²) in [5.41, 5.74) is 3.57.